The van der Waals surface area contributed by atoms with Crippen LogP contribution >= 0.6 is 0 Å². The second kappa shape index (κ2) is 6.40. The molecule has 3 aromatic carbocycles. The third-order valence-electron chi connectivity index (χ3n) is 2.97. The Morgan fingerprint density at radius 2 is 1.20 bits per heavy atom. The molecule has 0 aromatic heterocycles. The maximum Gasteiger partial charge on any atom is 2.00 e. The van der Waals surface area contributed by atoms with Crippen molar-refractivity contribution in [3.8, 4) is 0 Å². The molecule has 0 radical (unpaired) electrons. The summed E-state index contributed by atoms with van der Waals surface area (Å²) in [5.41, 5.74) is 0. The van der Waals surface area contributed by atoms with Crippen LogP contribution in [0.1, 0.15) is 0 Å². The quantitative estimate of drug-likeness (QED) is 0.334. The van der Waals surface area contributed by atoms with Gasteiger partial charge in [0.15, 0.2) is 0 Å². The van der Waals surface area contributed by atoms with E-state index in [0.29, 0.717) is 10.8 Å². The minimum absolute atomic E-state index is 0. The van der Waals surface area contributed by atoms with Gasteiger partial charge in [-0.15, -0.1) is 0 Å². The third kappa shape index (κ3) is 2.99. The predicted molar refractivity (Wildman–Crippen MR) is 75.2 cm³/mol. The zero-order valence-corrected chi connectivity index (χ0v) is 14.2. The largest absolute Gasteiger partial charge is 2.00 e. The van der Waals surface area contributed by atoms with Gasteiger partial charge in [0, 0.05) is 0 Å². The number of fused-ring (bicyclic) bond motifs is 2. The number of halogens is 1. The topological polar surface area (TPSA) is 57.2 Å². The summed E-state index contributed by atoms with van der Waals surface area (Å²) in [5, 5.41) is 2.47. The SMILES string of the molecule is O=S(=O)([O-])c1c2ccccc2cc2ccccc12.[Br-].[Mg+2]. The first-order valence-electron chi connectivity index (χ1n) is 5.44. The molecular weight excluding hydrogens is 352 g/mol. The first-order chi connectivity index (χ1) is 8.57. The van der Waals surface area contributed by atoms with Crippen LogP contribution in [0.4, 0.5) is 0 Å². The van der Waals surface area contributed by atoms with E-state index in [0.717, 1.165) is 10.8 Å². The monoisotopic (exact) mass is 360 g/mol. The summed E-state index contributed by atoms with van der Waals surface area (Å²) in [6, 6.07) is 15.9. The fourth-order valence-corrected chi connectivity index (χ4v) is 3.15. The van der Waals surface area contributed by atoms with Gasteiger partial charge >= 0.3 is 23.1 Å². The zero-order chi connectivity index (χ0) is 12.8. The Kier molecular flexibility index (Phi) is 5.57. The van der Waals surface area contributed by atoms with E-state index in [2.05, 4.69) is 0 Å². The van der Waals surface area contributed by atoms with Crippen molar-refractivity contribution in [1.29, 1.82) is 0 Å². The zero-order valence-electron chi connectivity index (χ0n) is 10.4. The van der Waals surface area contributed by atoms with Crippen molar-refractivity contribution in [3.63, 3.8) is 0 Å². The Labute approximate surface area is 143 Å². The van der Waals surface area contributed by atoms with Gasteiger partial charge in [-0.3, -0.25) is 0 Å². The fourth-order valence-electron chi connectivity index (χ4n) is 2.24. The first-order valence-corrected chi connectivity index (χ1v) is 6.84. The van der Waals surface area contributed by atoms with Crippen LogP contribution < -0.4 is 17.0 Å². The van der Waals surface area contributed by atoms with Crippen LogP contribution in [0.2, 0.25) is 0 Å². The van der Waals surface area contributed by atoms with Crippen molar-refractivity contribution >= 4 is 54.7 Å². The summed E-state index contributed by atoms with van der Waals surface area (Å²) in [7, 11) is -4.51. The van der Waals surface area contributed by atoms with E-state index in [4.69, 9.17) is 0 Å². The fraction of sp³-hybridized carbons (Fsp3) is 0. The van der Waals surface area contributed by atoms with Crippen LogP contribution in [-0.2, 0) is 10.1 Å². The summed E-state index contributed by atoms with van der Waals surface area (Å²) in [5.74, 6) is 0. The molecule has 0 saturated heterocycles. The van der Waals surface area contributed by atoms with Gasteiger partial charge in [0.2, 0.25) is 0 Å². The number of hydrogen-bond donors (Lipinski definition) is 0. The summed E-state index contributed by atoms with van der Waals surface area (Å²) >= 11 is 0. The van der Waals surface area contributed by atoms with E-state index >= 15 is 0 Å². The third-order valence-corrected chi connectivity index (χ3v) is 3.91. The molecule has 98 valence electrons. The van der Waals surface area contributed by atoms with Crippen molar-refractivity contribution in [2.45, 2.75) is 4.90 Å². The number of benzene rings is 3. The van der Waals surface area contributed by atoms with E-state index in [1.165, 1.54) is 0 Å². The molecule has 0 fully saturated rings. The van der Waals surface area contributed by atoms with Crippen molar-refractivity contribution in [3.05, 3.63) is 54.6 Å². The van der Waals surface area contributed by atoms with Crippen LogP contribution in [0, 0.1) is 0 Å². The van der Waals surface area contributed by atoms with Gasteiger partial charge < -0.3 is 21.5 Å². The minimum atomic E-state index is -4.51. The van der Waals surface area contributed by atoms with Gasteiger partial charge in [0.05, 0.1) is 4.90 Å². The average molecular weight is 361 g/mol. The van der Waals surface area contributed by atoms with Gasteiger partial charge in [0.25, 0.3) is 0 Å². The van der Waals surface area contributed by atoms with E-state index in [-0.39, 0.29) is 44.9 Å². The first kappa shape index (κ1) is 17.4. The van der Waals surface area contributed by atoms with Gasteiger partial charge in [-0.2, -0.15) is 0 Å². The maximum atomic E-state index is 11.5. The second-order valence-electron chi connectivity index (χ2n) is 4.10. The molecule has 0 saturated carbocycles. The van der Waals surface area contributed by atoms with Crippen LogP contribution in [0.5, 0.6) is 0 Å². The maximum absolute atomic E-state index is 11.5. The van der Waals surface area contributed by atoms with Crippen LogP contribution in [0.15, 0.2) is 59.5 Å². The minimum Gasteiger partial charge on any atom is -1.00 e. The number of rotatable bonds is 1. The standard InChI is InChI=1S/C14H10O3S.BrH.Mg/c15-18(16,17)14-12-7-3-1-5-10(12)9-11-6-2-4-8-13(11)14;;/h1-9H,(H,15,16,17);1H;/q;;+2/p-2. The Morgan fingerprint density at radius 3 is 1.60 bits per heavy atom. The molecule has 0 aliphatic rings. The Hall–Kier alpha value is -0.664. The molecule has 3 rings (SSSR count). The average Bonchev–Trinajstić information content (AvgIpc) is 2.34. The Bertz CT molecular complexity index is 809. The van der Waals surface area contributed by atoms with E-state index in [1.54, 1.807) is 36.4 Å². The van der Waals surface area contributed by atoms with E-state index < -0.39 is 10.1 Å². The van der Waals surface area contributed by atoms with E-state index in [9.17, 15) is 13.0 Å². The predicted octanol–water partition coefficient (Wildman–Crippen LogP) is -0.480. The molecule has 0 unspecified atom stereocenters. The Morgan fingerprint density at radius 1 is 0.800 bits per heavy atom. The normalized spacial score (nSPS) is 10.8. The Balaban J connectivity index is 0.000001000. The summed E-state index contributed by atoms with van der Waals surface area (Å²) < 4.78 is 34.5. The molecule has 0 bridgehead atoms. The van der Waals surface area contributed by atoms with Gasteiger partial charge in [-0.05, 0) is 27.6 Å². The molecule has 6 heteroatoms. The molecular formula is C14H9BrMgO3S. The molecule has 0 N–H and O–H groups in total. The van der Waals surface area contributed by atoms with Crippen LogP contribution in [-0.4, -0.2) is 36.0 Å². The molecule has 0 heterocycles. The summed E-state index contributed by atoms with van der Waals surface area (Å²) in [6.07, 6.45) is 0. The summed E-state index contributed by atoms with van der Waals surface area (Å²) in [4.78, 5) is -0.129. The molecule has 0 atom stereocenters. The van der Waals surface area contributed by atoms with E-state index in [1.807, 2.05) is 18.2 Å². The molecule has 3 aromatic rings. The molecule has 0 aliphatic heterocycles. The van der Waals surface area contributed by atoms with Crippen LogP contribution in [0.25, 0.3) is 21.5 Å². The van der Waals surface area contributed by atoms with Crippen molar-refractivity contribution in [2.24, 2.45) is 0 Å². The molecule has 0 aliphatic carbocycles. The van der Waals surface area contributed by atoms with Crippen molar-refractivity contribution < 1.29 is 30.0 Å². The molecule has 3 nitrogen and oxygen atoms in total. The molecule has 0 spiro atoms. The van der Waals surface area contributed by atoms with Crippen molar-refractivity contribution in [2.75, 3.05) is 0 Å². The second-order valence-corrected chi connectivity index (χ2v) is 5.42. The van der Waals surface area contributed by atoms with Gasteiger partial charge in [0.1, 0.15) is 10.1 Å². The molecule has 0 amide bonds. The van der Waals surface area contributed by atoms with Gasteiger partial charge in [-0.1, -0.05) is 48.5 Å². The van der Waals surface area contributed by atoms with Gasteiger partial charge in [-0.25, -0.2) is 8.42 Å². The molecule has 20 heavy (non-hydrogen) atoms. The summed E-state index contributed by atoms with van der Waals surface area (Å²) in [6.45, 7) is 0. The smallest absolute Gasteiger partial charge is 1.00 e. The van der Waals surface area contributed by atoms with Crippen molar-refractivity contribution in [1.82, 2.24) is 0 Å². The number of hydrogen-bond acceptors (Lipinski definition) is 3. The van der Waals surface area contributed by atoms with Crippen LogP contribution in [0.3, 0.4) is 0 Å².